The fourth-order valence-corrected chi connectivity index (χ4v) is 3.83. The summed E-state index contributed by atoms with van der Waals surface area (Å²) < 4.78 is 5.40. The van der Waals surface area contributed by atoms with E-state index < -0.39 is 5.97 Å². The van der Waals surface area contributed by atoms with Gasteiger partial charge in [-0.1, -0.05) is 6.42 Å². The summed E-state index contributed by atoms with van der Waals surface area (Å²) in [6, 6.07) is 5.86. The van der Waals surface area contributed by atoms with Crippen molar-refractivity contribution in [2.45, 2.75) is 19.3 Å². The Morgan fingerprint density at radius 2 is 2.00 bits per heavy atom. The average Bonchev–Trinajstić information content (AvgIpc) is 3.11. The molecule has 4 heteroatoms. The monoisotopic (exact) mass is 271 g/mol. The summed E-state index contributed by atoms with van der Waals surface area (Å²) in [6.45, 7) is 2.26. The van der Waals surface area contributed by atoms with Gasteiger partial charge >= 0.3 is 5.97 Å². The third kappa shape index (κ3) is 1.71. The number of carboxylic acid groups (broad SMARTS) is 1. The molecule has 1 saturated carbocycles. The number of carbonyl (C=O) groups is 1. The second kappa shape index (κ2) is 4.27. The molecule has 4 rings (SSSR count). The molecule has 2 aliphatic rings. The van der Waals surface area contributed by atoms with Crippen molar-refractivity contribution in [3.05, 3.63) is 30.0 Å². The van der Waals surface area contributed by atoms with E-state index in [4.69, 9.17) is 9.52 Å². The zero-order valence-electron chi connectivity index (χ0n) is 11.2. The van der Waals surface area contributed by atoms with E-state index in [1.807, 2.05) is 18.2 Å². The van der Waals surface area contributed by atoms with Gasteiger partial charge in [0.2, 0.25) is 0 Å². The Bertz CT molecular complexity index is 663. The van der Waals surface area contributed by atoms with Crippen LogP contribution in [0.5, 0.6) is 0 Å². The van der Waals surface area contributed by atoms with Gasteiger partial charge in [-0.2, -0.15) is 0 Å². The van der Waals surface area contributed by atoms with E-state index in [-0.39, 0.29) is 5.56 Å². The van der Waals surface area contributed by atoms with Crippen LogP contribution >= 0.6 is 0 Å². The van der Waals surface area contributed by atoms with E-state index in [2.05, 4.69) is 4.90 Å². The number of fused-ring (bicyclic) bond motifs is 2. The van der Waals surface area contributed by atoms with Crippen molar-refractivity contribution in [2.75, 3.05) is 18.0 Å². The van der Waals surface area contributed by atoms with Crippen molar-refractivity contribution in [1.82, 2.24) is 0 Å². The summed E-state index contributed by atoms with van der Waals surface area (Å²) in [7, 11) is 0. The number of hydrogen-bond acceptors (Lipinski definition) is 3. The number of benzene rings is 1. The van der Waals surface area contributed by atoms with E-state index >= 15 is 0 Å². The Balaban J connectivity index is 1.66. The first kappa shape index (κ1) is 11.8. The molecule has 4 nitrogen and oxygen atoms in total. The highest BCUT2D eigenvalue weighted by molar-refractivity contribution is 6.02. The topological polar surface area (TPSA) is 53.7 Å². The molecule has 20 heavy (non-hydrogen) atoms. The van der Waals surface area contributed by atoms with E-state index in [1.54, 1.807) is 0 Å². The molecule has 2 aromatic rings. The van der Waals surface area contributed by atoms with Crippen LogP contribution in [0.4, 0.5) is 5.69 Å². The molecule has 0 bridgehead atoms. The highest BCUT2D eigenvalue weighted by Gasteiger charge is 2.36. The van der Waals surface area contributed by atoms with Gasteiger partial charge in [0.05, 0.1) is 0 Å². The van der Waals surface area contributed by atoms with Gasteiger partial charge in [0, 0.05) is 30.2 Å². The quantitative estimate of drug-likeness (QED) is 0.910. The minimum atomic E-state index is -0.938. The normalized spacial score (nSPS) is 25.3. The molecular weight excluding hydrogens is 254 g/mol. The molecule has 1 aliphatic heterocycles. The second-order valence-electron chi connectivity index (χ2n) is 5.99. The zero-order chi connectivity index (χ0) is 13.7. The van der Waals surface area contributed by atoms with E-state index in [1.165, 1.54) is 25.5 Å². The number of anilines is 1. The molecule has 2 atom stereocenters. The number of rotatable bonds is 2. The Labute approximate surface area is 117 Å². The molecule has 2 heterocycles. The molecule has 0 radical (unpaired) electrons. The molecular formula is C16H17NO3. The maximum atomic E-state index is 11.1. The summed E-state index contributed by atoms with van der Waals surface area (Å²) in [5, 5.41) is 9.77. The third-order valence-electron chi connectivity index (χ3n) is 4.88. The number of furan rings is 1. The molecule has 1 aromatic heterocycles. The maximum absolute atomic E-state index is 11.1. The first-order valence-electron chi connectivity index (χ1n) is 7.22. The minimum Gasteiger partial charge on any atom is -0.478 e. The Hall–Kier alpha value is -1.97. The molecule has 0 spiro atoms. The lowest BCUT2D eigenvalue weighted by molar-refractivity contribution is 0.0698. The molecule has 2 fully saturated rings. The summed E-state index contributed by atoms with van der Waals surface area (Å²) in [5.74, 6) is 0.751. The second-order valence-corrected chi connectivity index (χ2v) is 5.99. The van der Waals surface area contributed by atoms with Gasteiger partial charge in [0.1, 0.15) is 17.4 Å². The van der Waals surface area contributed by atoms with E-state index in [0.29, 0.717) is 11.0 Å². The Morgan fingerprint density at radius 3 is 2.70 bits per heavy atom. The van der Waals surface area contributed by atoms with Crippen molar-refractivity contribution in [3.8, 4) is 0 Å². The number of hydrogen-bond donors (Lipinski definition) is 1. The van der Waals surface area contributed by atoms with Crippen LogP contribution in [0.2, 0.25) is 0 Å². The standard InChI is InChI=1S/C16H17NO3/c18-16(19)14-9-20-15-6-12(4-5-13(14)15)17-7-10-2-1-3-11(10)8-17/h4-6,9-11H,1-3,7-8H2,(H,18,19)/t10-,11+. The summed E-state index contributed by atoms with van der Waals surface area (Å²) in [5.41, 5.74) is 2.06. The molecule has 0 unspecified atom stereocenters. The third-order valence-corrected chi connectivity index (χ3v) is 4.88. The molecule has 104 valence electrons. The van der Waals surface area contributed by atoms with Crippen LogP contribution in [-0.4, -0.2) is 24.2 Å². The average molecular weight is 271 g/mol. The Kier molecular flexibility index (Phi) is 2.52. The summed E-state index contributed by atoms with van der Waals surface area (Å²) in [4.78, 5) is 13.5. The van der Waals surface area contributed by atoms with Gasteiger partial charge in [-0.15, -0.1) is 0 Å². The van der Waals surface area contributed by atoms with Crippen LogP contribution in [0.25, 0.3) is 11.0 Å². The van der Waals surface area contributed by atoms with Crippen LogP contribution in [0.3, 0.4) is 0 Å². The molecule has 1 aromatic carbocycles. The lowest BCUT2D eigenvalue weighted by Gasteiger charge is -2.19. The van der Waals surface area contributed by atoms with Crippen molar-refractivity contribution in [3.63, 3.8) is 0 Å². The van der Waals surface area contributed by atoms with Crippen LogP contribution in [0, 0.1) is 11.8 Å². The van der Waals surface area contributed by atoms with Crippen molar-refractivity contribution in [1.29, 1.82) is 0 Å². The summed E-state index contributed by atoms with van der Waals surface area (Å²) >= 11 is 0. The van der Waals surface area contributed by atoms with Crippen LogP contribution in [0.1, 0.15) is 29.6 Å². The smallest absolute Gasteiger partial charge is 0.339 e. The number of aromatic carboxylic acids is 1. The van der Waals surface area contributed by atoms with Crippen molar-refractivity contribution < 1.29 is 14.3 Å². The minimum absolute atomic E-state index is 0.241. The lowest BCUT2D eigenvalue weighted by atomic mass is 10.0. The van der Waals surface area contributed by atoms with Gasteiger partial charge in [0.15, 0.2) is 0 Å². The van der Waals surface area contributed by atoms with Crippen molar-refractivity contribution in [2.24, 2.45) is 11.8 Å². The van der Waals surface area contributed by atoms with Gasteiger partial charge in [0.25, 0.3) is 0 Å². The van der Waals surface area contributed by atoms with Gasteiger partial charge in [-0.3, -0.25) is 0 Å². The highest BCUT2D eigenvalue weighted by atomic mass is 16.4. The number of nitrogens with zero attached hydrogens (tertiary/aromatic N) is 1. The van der Waals surface area contributed by atoms with Crippen LogP contribution in [0.15, 0.2) is 28.9 Å². The molecule has 1 saturated heterocycles. The van der Waals surface area contributed by atoms with Crippen LogP contribution < -0.4 is 4.90 Å². The first-order valence-corrected chi connectivity index (χ1v) is 7.22. The largest absolute Gasteiger partial charge is 0.478 e. The fraction of sp³-hybridized carbons (Fsp3) is 0.438. The molecule has 1 aliphatic carbocycles. The van der Waals surface area contributed by atoms with Gasteiger partial charge in [-0.05, 0) is 36.8 Å². The van der Waals surface area contributed by atoms with E-state index in [9.17, 15) is 4.79 Å². The zero-order valence-corrected chi connectivity index (χ0v) is 11.2. The highest BCUT2D eigenvalue weighted by Crippen LogP contribution is 2.40. The predicted molar refractivity (Wildman–Crippen MR) is 76.2 cm³/mol. The maximum Gasteiger partial charge on any atom is 0.339 e. The summed E-state index contributed by atoms with van der Waals surface area (Å²) in [6.07, 6.45) is 5.42. The Morgan fingerprint density at radius 1 is 1.25 bits per heavy atom. The number of carboxylic acids is 1. The SMILES string of the molecule is O=C(O)c1coc2cc(N3C[C@H]4CCC[C@H]4C3)ccc12. The predicted octanol–water partition coefficient (Wildman–Crippen LogP) is 3.37. The van der Waals surface area contributed by atoms with Gasteiger partial charge in [-0.25, -0.2) is 4.79 Å². The van der Waals surface area contributed by atoms with Gasteiger partial charge < -0.3 is 14.4 Å². The first-order chi connectivity index (χ1) is 9.72. The fourth-order valence-electron chi connectivity index (χ4n) is 3.83. The van der Waals surface area contributed by atoms with Crippen molar-refractivity contribution >= 4 is 22.6 Å². The molecule has 1 N–H and O–H groups in total. The molecule has 0 amide bonds. The van der Waals surface area contributed by atoms with E-state index in [0.717, 1.165) is 30.6 Å². The van der Waals surface area contributed by atoms with Crippen LogP contribution in [-0.2, 0) is 0 Å². The lowest BCUT2D eigenvalue weighted by Crippen LogP contribution is -2.20.